The molecule has 0 aromatic rings. The summed E-state index contributed by atoms with van der Waals surface area (Å²) in [6.45, 7) is 17.8. The number of hydrogen-bond acceptors (Lipinski definition) is 1. The van der Waals surface area contributed by atoms with Crippen molar-refractivity contribution in [2.24, 2.45) is 0 Å². The van der Waals surface area contributed by atoms with Crippen molar-refractivity contribution >= 4 is 8.32 Å². The van der Waals surface area contributed by atoms with Gasteiger partial charge in [-0.05, 0) is 37.0 Å². The van der Waals surface area contributed by atoms with Gasteiger partial charge in [-0.3, -0.25) is 0 Å². The summed E-state index contributed by atoms with van der Waals surface area (Å²) in [5.41, 5.74) is 4.08. The molecule has 0 N–H and O–H groups in total. The summed E-state index contributed by atoms with van der Waals surface area (Å²) >= 11 is 0. The topological polar surface area (TPSA) is 9.23 Å². The highest BCUT2D eigenvalue weighted by atomic mass is 28.4. The maximum atomic E-state index is 6.02. The molecule has 0 aliphatic carbocycles. The lowest BCUT2D eigenvalue weighted by molar-refractivity contribution is 0.292. The van der Waals surface area contributed by atoms with Gasteiger partial charge in [-0.1, -0.05) is 27.4 Å². The smallest absolute Gasteiger partial charge is 0.191 e. The number of rotatable bonds is 4. The molecule has 0 saturated heterocycles. The summed E-state index contributed by atoms with van der Waals surface area (Å²) in [7, 11) is -1.55. The monoisotopic (exact) mass is 212 g/mol. The van der Waals surface area contributed by atoms with E-state index < -0.39 is 8.32 Å². The van der Waals surface area contributed by atoms with E-state index in [0.717, 1.165) is 13.0 Å². The molecule has 0 spiro atoms. The summed E-state index contributed by atoms with van der Waals surface area (Å²) in [5, 5.41) is 0.304. The van der Waals surface area contributed by atoms with Crippen molar-refractivity contribution in [3.8, 4) is 0 Å². The average molecular weight is 212 g/mol. The Hall–Kier alpha value is -0.303. The van der Waals surface area contributed by atoms with Gasteiger partial charge in [0.15, 0.2) is 8.32 Å². The van der Waals surface area contributed by atoms with Gasteiger partial charge >= 0.3 is 0 Å². The van der Waals surface area contributed by atoms with E-state index in [1.807, 2.05) is 6.92 Å². The van der Waals surface area contributed by atoms with Gasteiger partial charge in [0.2, 0.25) is 0 Å². The Labute approximate surface area is 90.0 Å². The van der Waals surface area contributed by atoms with E-state index in [2.05, 4.69) is 46.2 Å². The van der Waals surface area contributed by atoms with Gasteiger partial charge in [0, 0.05) is 6.61 Å². The first-order valence-corrected chi connectivity index (χ1v) is 8.11. The number of hydrogen-bond donors (Lipinski definition) is 0. The second-order valence-electron chi connectivity index (χ2n) is 5.32. The Morgan fingerprint density at radius 3 is 2.21 bits per heavy atom. The van der Waals surface area contributed by atoms with Crippen molar-refractivity contribution in [1.82, 2.24) is 0 Å². The van der Waals surface area contributed by atoms with Crippen LogP contribution in [0.3, 0.4) is 0 Å². The fourth-order valence-corrected chi connectivity index (χ4v) is 1.81. The van der Waals surface area contributed by atoms with Gasteiger partial charge in [0.1, 0.15) is 0 Å². The summed E-state index contributed by atoms with van der Waals surface area (Å²) in [5.74, 6) is 0. The van der Waals surface area contributed by atoms with Crippen LogP contribution in [0.2, 0.25) is 18.1 Å². The van der Waals surface area contributed by atoms with Crippen LogP contribution in [0.25, 0.3) is 0 Å². The molecule has 0 radical (unpaired) electrons. The van der Waals surface area contributed by atoms with E-state index in [9.17, 15) is 0 Å². The molecule has 0 amide bonds. The Bertz CT molecular complexity index is 229. The lowest BCUT2D eigenvalue weighted by Gasteiger charge is -2.36. The first-order chi connectivity index (χ1) is 6.20. The minimum Gasteiger partial charge on any atom is -0.416 e. The molecule has 82 valence electrons. The zero-order valence-electron chi connectivity index (χ0n) is 10.5. The van der Waals surface area contributed by atoms with Crippen LogP contribution in [0.5, 0.6) is 0 Å². The van der Waals surface area contributed by atoms with Crippen LogP contribution in [0, 0.1) is 0 Å². The van der Waals surface area contributed by atoms with Crippen molar-refractivity contribution in [1.29, 1.82) is 0 Å². The molecule has 2 heteroatoms. The van der Waals surface area contributed by atoms with Gasteiger partial charge in [0.25, 0.3) is 0 Å². The first kappa shape index (κ1) is 13.7. The van der Waals surface area contributed by atoms with Crippen LogP contribution < -0.4 is 0 Å². The zero-order chi connectivity index (χ0) is 11.4. The largest absolute Gasteiger partial charge is 0.416 e. The van der Waals surface area contributed by atoms with E-state index in [4.69, 9.17) is 4.43 Å². The van der Waals surface area contributed by atoms with Crippen LogP contribution >= 0.6 is 0 Å². The highest BCUT2D eigenvalue weighted by molar-refractivity contribution is 6.74. The third-order valence-corrected chi connectivity index (χ3v) is 7.59. The summed E-state index contributed by atoms with van der Waals surface area (Å²) < 4.78 is 6.02. The molecule has 0 aliphatic rings. The molecule has 0 aromatic heterocycles. The Balaban J connectivity index is 4.08. The van der Waals surface area contributed by atoms with Gasteiger partial charge in [-0.15, -0.1) is 5.73 Å². The van der Waals surface area contributed by atoms with Crippen molar-refractivity contribution in [3.63, 3.8) is 0 Å². The Kier molecular flexibility index (Phi) is 4.86. The molecule has 0 saturated carbocycles. The van der Waals surface area contributed by atoms with E-state index in [0.29, 0.717) is 5.04 Å². The standard InChI is InChI=1S/C12H24OSi/c1-8-11(2)9-10-13-14(6,7)12(3,4)5/h1,9-10H2,2-7H3. The van der Waals surface area contributed by atoms with Gasteiger partial charge in [0.05, 0.1) is 0 Å². The van der Waals surface area contributed by atoms with Crippen LogP contribution in [-0.4, -0.2) is 14.9 Å². The molecule has 0 atom stereocenters. The summed E-state index contributed by atoms with van der Waals surface area (Å²) in [6.07, 6.45) is 0.954. The van der Waals surface area contributed by atoms with Crippen LogP contribution in [0.4, 0.5) is 0 Å². The molecule has 1 nitrogen and oxygen atoms in total. The van der Waals surface area contributed by atoms with Crippen molar-refractivity contribution in [3.05, 3.63) is 17.9 Å². The summed E-state index contributed by atoms with van der Waals surface area (Å²) in [4.78, 5) is 0. The second kappa shape index (κ2) is 4.97. The minimum atomic E-state index is -1.55. The third kappa shape index (κ3) is 4.27. The average Bonchev–Trinajstić information content (AvgIpc) is 2.01. The van der Waals surface area contributed by atoms with Gasteiger partial charge < -0.3 is 4.43 Å². The third-order valence-electron chi connectivity index (χ3n) is 3.05. The predicted molar refractivity (Wildman–Crippen MR) is 66.1 cm³/mol. The molecule has 14 heavy (non-hydrogen) atoms. The normalized spacial score (nSPS) is 12.4. The molecule has 0 rings (SSSR count). The molecule has 0 heterocycles. The first-order valence-electron chi connectivity index (χ1n) is 5.20. The van der Waals surface area contributed by atoms with E-state index in [-0.39, 0.29) is 0 Å². The predicted octanol–water partition coefficient (Wildman–Crippen LogP) is 4.13. The molecule has 0 bridgehead atoms. The second-order valence-corrected chi connectivity index (χ2v) is 10.1. The molecular weight excluding hydrogens is 188 g/mol. The van der Waals surface area contributed by atoms with E-state index >= 15 is 0 Å². The molecule has 0 fully saturated rings. The fraction of sp³-hybridized carbons (Fsp3) is 0.750. The molecule has 0 aliphatic heterocycles. The maximum Gasteiger partial charge on any atom is 0.191 e. The van der Waals surface area contributed by atoms with Crippen LogP contribution in [-0.2, 0) is 4.43 Å². The molecule has 0 aromatic carbocycles. The lowest BCUT2D eigenvalue weighted by atomic mass is 10.2. The van der Waals surface area contributed by atoms with Crippen LogP contribution in [0.15, 0.2) is 17.9 Å². The highest BCUT2D eigenvalue weighted by Gasteiger charge is 2.36. The van der Waals surface area contributed by atoms with Crippen molar-refractivity contribution < 1.29 is 4.43 Å². The highest BCUT2D eigenvalue weighted by Crippen LogP contribution is 2.36. The maximum absolute atomic E-state index is 6.02. The van der Waals surface area contributed by atoms with E-state index in [1.165, 1.54) is 5.57 Å². The molecular formula is C12H24OSi. The van der Waals surface area contributed by atoms with Crippen LogP contribution in [0.1, 0.15) is 34.1 Å². The fourth-order valence-electron chi connectivity index (χ4n) is 0.764. The van der Waals surface area contributed by atoms with E-state index in [1.54, 1.807) is 0 Å². The zero-order valence-corrected chi connectivity index (χ0v) is 11.5. The Morgan fingerprint density at radius 2 is 1.86 bits per heavy atom. The Morgan fingerprint density at radius 1 is 1.36 bits per heavy atom. The minimum absolute atomic E-state index is 0.304. The van der Waals surface area contributed by atoms with Gasteiger partial charge in [-0.2, -0.15) is 0 Å². The quantitative estimate of drug-likeness (QED) is 0.503. The SMILES string of the molecule is C=C=C(C)CCO[Si](C)(C)C(C)(C)C. The summed E-state index contributed by atoms with van der Waals surface area (Å²) in [6, 6.07) is 0. The van der Waals surface area contributed by atoms with Gasteiger partial charge in [-0.25, -0.2) is 0 Å². The molecule has 0 unspecified atom stereocenters. The van der Waals surface area contributed by atoms with Crippen molar-refractivity contribution in [2.75, 3.05) is 6.61 Å². The van der Waals surface area contributed by atoms with Crippen molar-refractivity contribution in [2.45, 2.75) is 52.2 Å². The lowest BCUT2D eigenvalue weighted by Crippen LogP contribution is -2.40.